The van der Waals surface area contributed by atoms with Gasteiger partial charge in [-0.05, 0) is 63.3 Å². The van der Waals surface area contributed by atoms with Gasteiger partial charge in [-0.3, -0.25) is 9.69 Å². The molecule has 4 fully saturated rings. The van der Waals surface area contributed by atoms with Gasteiger partial charge in [-0.25, -0.2) is 0 Å². The fourth-order valence-electron chi connectivity index (χ4n) is 4.71. The molecule has 0 aromatic rings. The van der Waals surface area contributed by atoms with Crippen LogP contribution in [0, 0.1) is 23.7 Å². The Morgan fingerprint density at radius 1 is 1.13 bits per heavy atom. The molecule has 1 aliphatic heterocycles. The maximum Gasteiger partial charge on any atom is 0.147 e. The van der Waals surface area contributed by atoms with E-state index in [0.717, 1.165) is 17.8 Å². The lowest BCUT2D eigenvalue weighted by Crippen LogP contribution is -2.44. The zero-order valence-electron chi connectivity index (χ0n) is 9.78. The Bertz CT molecular complexity index is 280. The fourth-order valence-corrected chi connectivity index (χ4v) is 4.71. The molecule has 0 N–H and O–H groups in total. The second-order valence-corrected chi connectivity index (χ2v) is 5.91. The summed E-state index contributed by atoms with van der Waals surface area (Å²) in [6.45, 7) is 2.96. The molecule has 2 nitrogen and oxygen atoms in total. The van der Waals surface area contributed by atoms with Crippen molar-refractivity contribution in [3.05, 3.63) is 0 Å². The third-order valence-corrected chi connectivity index (χ3v) is 5.22. The Labute approximate surface area is 92.0 Å². The van der Waals surface area contributed by atoms with Crippen LogP contribution < -0.4 is 0 Å². The highest BCUT2D eigenvalue weighted by Gasteiger charge is 2.53. The molecule has 84 valence electrons. The lowest BCUT2D eigenvalue weighted by Gasteiger charge is -2.46. The molecule has 2 bridgehead atoms. The van der Waals surface area contributed by atoms with Crippen molar-refractivity contribution in [3.8, 4) is 0 Å². The molecule has 1 saturated heterocycles. The molecule has 4 rings (SSSR count). The van der Waals surface area contributed by atoms with Gasteiger partial charge in [-0.1, -0.05) is 0 Å². The number of carbonyl (C=O) groups is 1. The number of likely N-dealkylation sites (tertiary alicyclic amines) is 1. The molecule has 3 aliphatic carbocycles. The van der Waals surface area contributed by atoms with Gasteiger partial charge in [0, 0.05) is 6.54 Å². The van der Waals surface area contributed by atoms with Crippen LogP contribution in [0.5, 0.6) is 0 Å². The summed E-state index contributed by atoms with van der Waals surface area (Å²) in [5.41, 5.74) is 0. The van der Waals surface area contributed by atoms with Crippen molar-refractivity contribution < 1.29 is 4.79 Å². The van der Waals surface area contributed by atoms with Gasteiger partial charge in [0.25, 0.3) is 0 Å². The first kappa shape index (κ1) is 9.83. The van der Waals surface area contributed by atoms with Crippen molar-refractivity contribution in [2.75, 3.05) is 13.6 Å². The molecule has 0 aromatic carbocycles. The number of ketones is 1. The Hall–Kier alpha value is -0.370. The van der Waals surface area contributed by atoms with E-state index in [-0.39, 0.29) is 6.04 Å². The average Bonchev–Trinajstić information content (AvgIpc) is 2.58. The Morgan fingerprint density at radius 2 is 1.73 bits per heavy atom. The molecule has 0 radical (unpaired) electrons. The smallest absolute Gasteiger partial charge is 0.147 e. The number of nitrogens with zero attached hydrogens (tertiary/aromatic N) is 1. The fraction of sp³-hybridized carbons (Fsp3) is 0.923. The molecule has 0 aromatic heterocycles. The normalized spacial score (nSPS) is 49.3. The Morgan fingerprint density at radius 3 is 2.33 bits per heavy atom. The van der Waals surface area contributed by atoms with Gasteiger partial charge in [-0.2, -0.15) is 0 Å². The van der Waals surface area contributed by atoms with Gasteiger partial charge in [0.15, 0.2) is 0 Å². The van der Waals surface area contributed by atoms with Crippen LogP contribution in [-0.2, 0) is 4.79 Å². The maximum atomic E-state index is 11.7. The number of fused-ring (bicyclic) bond motifs is 2. The van der Waals surface area contributed by atoms with Gasteiger partial charge >= 0.3 is 0 Å². The molecule has 0 spiro atoms. The Balaban J connectivity index is 1.91. The van der Waals surface area contributed by atoms with E-state index in [9.17, 15) is 4.79 Å². The third kappa shape index (κ3) is 1.30. The second-order valence-electron chi connectivity index (χ2n) is 5.91. The van der Waals surface area contributed by atoms with Crippen LogP contribution in [0.3, 0.4) is 0 Å². The molecule has 3 atom stereocenters. The second kappa shape index (κ2) is 3.31. The van der Waals surface area contributed by atoms with E-state index in [4.69, 9.17) is 0 Å². The minimum absolute atomic E-state index is 0.253. The number of hydrogen-bond acceptors (Lipinski definition) is 2. The summed E-state index contributed by atoms with van der Waals surface area (Å²) in [7, 11) is 2.14. The van der Waals surface area contributed by atoms with Crippen molar-refractivity contribution in [2.24, 2.45) is 23.7 Å². The number of Topliss-reactive ketones (excluding diaryl/α,β-unsaturated/α-hetero) is 1. The van der Waals surface area contributed by atoms with Crippen molar-refractivity contribution in [2.45, 2.75) is 38.6 Å². The maximum absolute atomic E-state index is 11.7. The van der Waals surface area contributed by atoms with E-state index in [1.165, 1.54) is 32.2 Å². The molecule has 3 saturated carbocycles. The number of rotatable bonds is 1. The van der Waals surface area contributed by atoms with Crippen LogP contribution in [0.1, 0.15) is 32.6 Å². The SMILES string of the molecule is CC(=O)[C@@H]1[C@H]2[C@H]3CC[C@H](CC3)[C@H]2CN1C. The zero-order chi connectivity index (χ0) is 10.6. The standard InChI is InChI=1S/C13H21NO/c1-8(15)13-12-10-5-3-9(4-6-10)11(12)7-14(13)2/h9-13H,3-7H2,1-2H3/t9-,10+,11-,12+,13-/m1/s1. The lowest BCUT2D eigenvalue weighted by molar-refractivity contribution is -0.123. The minimum Gasteiger partial charge on any atom is -0.298 e. The summed E-state index contributed by atoms with van der Waals surface area (Å²) in [5.74, 6) is 3.75. The molecular weight excluding hydrogens is 186 g/mol. The zero-order valence-corrected chi connectivity index (χ0v) is 9.78. The summed E-state index contributed by atoms with van der Waals surface area (Å²) in [6, 6.07) is 0.253. The van der Waals surface area contributed by atoms with Crippen LogP contribution in [0.25, 0.3) is 0 Å². The van der Waals surface area contributed by atoms with E-state index < -0.39 is 0 Å². The monoisotopic (exact) mass is 207 g/mol. The van der Waals surface area contributed by atoms with Crippen molar-refractivity contribution in [1.29, 1.82) is 0 Å². The summed E-state index contributed by atoms with van der Waals surface area (Å²) in [4.78, 5) is 14.1. The van der Waals surface area contributed by atoms with E-state index in [1.54, 1.807) is 6.92 Å². The van der Waals surface area contributed by atoms with Gasteiger partial charge in [-0.15, -0.1) is 0 Å². The third-order valence-electron chi connectivity index (χ3n) is 5.22. The molecule has 0 unspecified atom stereocenters. The van der Waals surface area contributed by atoms with Gasteiger partial charge in [0.05, 0.1) is 6.04 Å². The largest absolute Gasteiger partial charge is 0.298 e. The number of carbonyl (C=O) groups excluding carboxylic acids is 1. The quantitative estimate of drug-likeness (QED) is 0.655. The first-order chi connectivity index (χ1) is 7.18. The van der Waals surface area contributed by atoms with Crippen molar-refractivity contribution in [1.82, 2.24) is 4.90 Å². The minimum atomic E-state index is 0.253. The van der Waals surface area contributed by atoms with Gasteiger partial charge < -0.3 is 0 Å². The van der Waals surface area contributed by atoms with E-state index in [0.29, 0.717) is 11.7 Å². The molecule has 15 heavy (non-hydrogen) atoms. The predicted octanol–water partition coefficient (Wildman–Crippen LogP) is 1.94. The first-order valence-electron chi connectivity index (χ1n) is 6.39. The topological polar surface area (TPSA) is 20.3 Å². The molecule has 1 heterocycles. The lowest BCUT2D eigenvalue weighted by atomic mass is 9.58. The highest BCUT2D eigenvalue weighted by molar-refractivity contribution is 5.82. The summed E-state index contributed by atoms with van der Waals surface area (Å²) >= 11 is 0. The van der Waals surface area contributed by atoms with Crippen molar-refractivity contribution >= 4 is 5.78 Å². The summed E-state index contributed by atoms with van der Waals surface area (Å²) in [6.07, 6.45) is 5.65. The molecule has 4 aliphatic rings. The molecular formula is C13H21NO. The van der Waals surface area contributed by atoms with E-state index >= 15 is 0 Å². The summed E-state index contributed by atoms with van der Waals surface area (Å²) in [5, 5.41) is 0. The van der Waals surface area contributed by atoms with Crippen LogP contribution >= 0.6 is 0 Å². The molecule has 2 heteroatoms. The van der Waals surface area contributed by atoms with Crippen LogP contribution in [0.2, 0.25) is 0 Å². The van der Waals surface area contributed by atoms with Crippen LogP contribution in [0.15, 0.2) is 0 Å². The summed E-state index contributed by atoms with van der Waals surface area (Å²) < 4.78 is 0. The predicted molar refractivity (Wildman–Crippen MR) is 59.5 cm³/mol. The van der Waals surface area contributed by atoms with Gasteiger partial charge in [0.1, 0.15) is 5.78 Å². The van der Waals surface area contributed by atoms with E-state index in [1.807, 2.05) is 0 Å². The van der Waals surface area contributed by atoms with Crippen LogP contribution in [0.4, 0.5) is 0 Å². The average molecular weight is 207 g/mol. The van der Waals surface area contributed by atoms with E-state index in [2.05, 4.69) is 11.9 Å². The molecule has 0 amide bonds. The first-order valence-corrected chi connectivity index (χ1v) is 6.39. The van der Waals surface area contributed by atoms with Gasteiger partial charge in [0.2, 0.25) is 0 Å². The number of hydrogen-bond donors (Lipinski definition) is 0. The highest BCUT2D eigenvalue weighted by atomic mass is 16.1. The highest BCUT2D eigenvalue weighted by Crippen LogP contribution is 2.53. The van der Waals surface area contributed by atoms with Crippen LogP contribution in [-0.4, -0.2) is 30.3 Å². The Kier molecular flexibility index (Phi) is 2.17. The number of likely N-dealkylation sites (N-methyl/N-ethyl adjacent to an activating group) is 1. The van der Waals surface area contributed by atoms with Crippen molar-refractivity contribution in [3.63, 3.8) is 0 Å².